The van der Waals surface area contributed by atoms with Gasteiger partial charge >= 0.3 is 0 Å². The zero-order valence-electron chi connectivity index (χ0n) is 35.1. The number of para-hydroxylation sites is 2. The van der Waals surface area contributed by atoms with Crippen molar-refractivity contribution >= 4 is 66.4 Å². The van der Waals surface area contributed by atoms with E-state index in [1.54, 1.807) is 24.3 Å². The number of benzene rings is 11. The molecule has 0 saturated carbocycles. The molecule has 0 fully saturated rings. The number of nitrogens with zero attached hydrogens (tertiary/aromatic N) is 2. The van der Waals surface area contributed by atoms with Crippen LogP contribution in [0.1, 0.15) is 22.3 Å². The van der Waals surface area contributed by atoms with Gasteiger partial charge in [0, 0.05) is 34.1 Å². The van der Waals surface area contributed by atoms with Gasteiger partial charge in [-0.25, -0.2) is 8.78 Å². The summed E-state index contributed by atoms with van der Waals surface area (Å²) >= 11 is 0. The van der Waals surface area contributed by atoms with Crippen molar-refractivity contribution in [3.8, 4) is 22.3 Å². The van der Waals surface area contributed by atoms with Gasteiger partial charge in [0.2, 0.25) is 0 Å². The van der Waals surface area contributed by atoms with Gasteiger partial charge in [0.25, 0.3) is 0 Å². The summed E-state index contributed by atoms with van der Waals surface area (Å²) in [4.78, 5) is 4.25. The first-order valence-electron chi connectivity index (χ1n) is 22.0. The first-order chi connectivity index (χ1) is 32.0. The third-order valence-corrected chi connectivity index (χ3v) is 13.6. The predicted molar refractivity (Wildman–Crippen MR) is 265 cm³/mol. The topological polar surface area (TPSA) is 6.48 Å². The Bertz CT molecular complexity index is 3710. The second-order valence-electron chi connectivity index (χ2n) is 17.1. The van der Waals surface area contributed by atoms with Gasteiger partial charge in [0.15, 0.2) is 0 Å². The van der Waals surface area contributed by atoms with E-state index in [9.17, 15) is 8.78 Å². The zero-order valence-corrected chi connectivity index (χ0v) is 35.1. The fourth-order valence-corrected chi connectivity index (χ4v) is 11.1. The molecule has 0 heterocycles. The molecule has 1 atom stereocenters. The molecule has 306 valence electrons. The van der Waals surface area contributed by atoms with Gasteiger partial charge in [-0.15, -0.1) is 0 Å². The van der Waals surface area contributed by atoms with Crippen LogP contribution >= 0.6 is 0 Å². The largest absolute Gasteiger partial charge is 0.310 e. The average Bonchev–Trinajstić information content (AvgIpc) is 3.81. The first kappa shape index (κ1) is 37.2. The lowest BCUT2D eigenvalue weighted by Crippen LogP contribution is -2.26. The van der Waals surface area contributed by atoms with E-state index >= 15 is 0 Å². The van der Waals surface area contributed by atoms with Crippen LogP contribution in [0.15, 0.2) is 231 Å². The SMILES string of the molecule is Fc1cccc(N(c2ccccc2)c2ccc3cc4c(cc3c2)C2(c3ccccc3-c3c2ccc2ccccc32)c2c-4ccc3cc(N(c4ccccc4)c4cccc(F)c4)ccc23)c1. The number of anilines is 6. The summed E-state index contributed by atoms with van der Waals surface area (Å²) in [6, 6.07) is 79.0. The molecule has 1 spiro atoms. The molecule has 11 aromatic rings. The molecule has 0 amide bonds. The highest BCUT2D eigenvalue weighted by Crippen LogP contribution is 2.65. The smallest absolute Gasteiger partial charge is 0.125 e. The fourth-order valence-electron chi connectivity index (χ4n) is 11.1. The van der Waals surface area contributed by atoms with Gasteiger partial charge in [-0.3, -0.25) is 0 Å². The van der Waals surface area contributed by atoms with Crippen molar-refractivity contribution in [2.75, 3.05) is 9.80 Å². The highest BCUT2D eigenvalue weighted by molar-refractivity contribution is 6.11. The second kappa shape index (κ2) is 14.3. The number of rotatable bonds is 6. The lowest BCUT2D eigenvalue weighted by Gasteiger charge is -2.32. The van der Waals surface area contributed by atoms with E-state index in [4.69, 9.17) is 0 Å². The van der Waals surface area contributed by atoms with Crippen LogP contribution < -0.4 is 9.80 Å². The zero-order chi connectivity index (χ0) is 43.2. The maximum atomic E-state index is 14.9. The monoisotopic (exact) mass is 836 g/mol. The second-order valence-corrected chi connectivity index (χ2v) is 17.1. The molecule has 0 saturated heterocycles. The van der Waals surface area contributed by atoms with Crippen molar-refractivity contribution in [3.05, 3.63) is 264 Å². The third kappa shape index (κ3) is 5.57. The summed E-state index contributed by atoms with van der Waals surface area (Å²) in [5.41, 5.74) is 14.6. The van der Waals surface area contributed by atoms with Gasteiger partial charge in [0.05, 0.1) is 5.41 Å². The Morgan fingerprint density at radius 2 is 0.862 bits per heavy atom. The van der Waals surface area contributed by atoms with Crippen molar-refractivity contribution in [1.82, 2.24) is 0 Å². The molecule has 2 aliphatic rings. The standard InChI is InChI=1S/C61H38F2N2/c62-43-14-11-20-47(37-43)64(45-16-3-1-4-17-45)49-28-25-40-35-55-53-30-26-41-33-50(65(46-18-5-2-6-19-46)48-21-12-15-44(63)38-48)29-31-52(41)60(53)61(58(55)36-42(40)34-49)56-24-10-9-23-54(56)59-51-22-8-7-13-39(51)27-32-57(59)61/h1-38H. The molecule has 13 rings (SSSR count). The molecule has 11 aromatic carbocycles. The maximum Gasteiger partial charge on any atom is 0.125 e. The van der Waals surface area contributed by atoms with Gasteiger partial charge in [-0.05, 0) is 174 Å². The number of hydrogen-bond acceptors (Lipinski definition) is 2. The Kier molecular flexibility index (Phi) is 8.22. The summed E-state index contributed by atoms with van der Waals surface area (Å²) in [6.45, 7) is 0. The average molecular weight is 837 g/mol. The van der Waals surface area contributed by atoms with Gasteiger partial charge < -0.3 is 9.80 Å². The third-order valence-electron chi connectivity index (χ3n) is 13.6. The summed E-state index contributed by atoms with van der Waals surface area (Å²) in [5, 5.41) is 6.92. The van der Waals surface area contributed by atoms with Gasteiger partial charge in [-0.1, -0.05) is 133 Å². The Balaban J connectivity index is 1.09. The molecule has 0 bridgehead atoms. The molecule has 2 nitrogen and oxygen atoms in total. The summed E-state index contributed by atoms with van der Waals surface area (Å²) in [7, 11) is 0. The van der Waals surface area contributed by atoms with E-state index in [0.29, 0.717) is 0 Å². The van der Waals surface area contributed by atoms with E-state index < -0.39 is 5.41 Å². The van der Waals surface area contributed by atoms with E-state index in [1.165, 1.54) is 67.4 Å². The van der Waals surface area contributed by atoms with Crippen LogP contribution in [0.2, 0.25) is 0 Å². The Hall–Kier alpha value is -8.34. The molecule has 0 aliphatic heterocycles. The van der Waals surface area contributed by atoms with Crippen molar-refractivity contribution < 1.29 is 8.78 Å². The van der Waals surface area contributed by atoms with Crippen LogP contribution in [0.5, 0.6) is 0 Å². The molecule has 2 aliphatic carbocycles. The van der Waals surface area contributed by atoms with Crippen LogP contribution in [-0.4, -0.2) is 0 Å². The summed E-state index contributed by atoms with van der Waals surface area (Å²) in [5.74, 6) is -0.567. The van der Waals surface area contributed by atoms with Gasteiger partial charge in [-0.2, -0.15) is 0 Å². The summed E-state index contributed by atoms with van der Waals surface area (Å²) in [6.07, 6.45) is 0. The minimum atomic E-state index is -0.658. The molecular weight excluding hydrogens is 799 g/mol. The minimum Gasteiger partial charge on any atom is -0.310 e. The minimum absolute atomic E-state index is 0.283. The van der Waals surface area contributed by atoms with Crippen LogP contribution in [0.25, 0.3) is 54.6 Å². The highest BCUT2D eigenvalue weighted by atomic mass is 19.1. The fraction of sp³-hybridized carbons (Fsp3) is 0.0164. The van der Waals surface area contributed by atoms with Gasteiger partial charge in [0.1, 0.15) is 11.6 Å². The highest BCUT2D eigenvalue weighted by Gasteiger charge is 2.53. The molecule has 4 heteroatoms. The van der Waals surface area contributed by atoms with E-state index in [-0.39, 0.29) is 11.6 Å². The first-order valence-corrected chi connectivity index (χ1v) is 22.0. The molecule has 65 heavy (non-hydrogen) atoms. The van der Waals surface area contributed by atoms with E-state index in [0.717, 1.165) is 55.7 Å². The quantitative estimate of drug-likeness (QED) is 0.165. The van der Waals surface area contributed by atoms with Crippen LogP contribution in [-0.2, 0) is 5.41 Å². The van der Waals surface area contributed by atoms with Crippen LogP contribution in [0, 0.1) is 11.6 Å². The van der Waals surface area contributed by atoms with E-state index in [2.05, 4.69) is 155 Å². The Morgan fingerprint density at radius 1 is 0.292 bits per heavy atom. The molecule has 0 N–H and O–H groups in total. The number of halogens is 2. The molecular formula is C61H38F2N2. The number of hydrogen-bond donors (Lipinski definition) is 0. The van der Waals surface area contributed by atoms with Crippen molar-refractivity contribution in [1.29, 1.82) is 0 Å². The lowest BCUT2D eigenvalue weighted by atomic mass is 9.69. The summed E-state index contributed by atoms with van der Waals surface area (Å²) < 4.78 is 29.8. The van der Waals surface area contributed by atoms with Crippen molar-refractivity contribution in [3.63, 3.8) is 0 Å². The lowest BCUT2D eigenvalue weighted by molar-refractivity contribution is 0.627. The van der Waals surface area contributed by atoms with Crippen molar-refractivity contribution in [2.45, 2.75) is 5.41 Å². The number of fused-ring (bicyclic) bond motifs is 15. The van der Waals surface area contributed by atoms with E-state index in [1.807, 2.05) is 48.5 Å². The normalized spacial score (nSPS) is 14.4. The molecule has 0 radical (unpaired) electrons. The van der Waals surface area contributed by atoms with Crippen molar-refractivity contribution in [2.24, 2.45) is 0 Å². The maximum absolute atomic E-state index is 14.9. The molecule has 1 unspecified atom stereocenters. The Morgan fingerprint density at radius 3 is 1.57 bits per heavy atom. The molecule has 0 aromatic heterocycles. The predicted octanol–water partition coefficient (Wildman–Crippen LogP) is 16.7. The van der Waals surface area contributed by atoms with Crippen LogP contribution in [0.3, 0.4) is 0 Å². The van der Waals surface area contributed by atoms with Crippen LogP contribution in [0.4, 0.5) is 42.9 Å². The Labute approximate surface area is 375 Å².